The van der Waals surface area contributed by atoms with Gasteiger partial charge >= 0.3 is 6.18 Å². The molecule has 0 radical (unpaired) electrons. The van der Waals surface area contributed by atoms with E-state index in [2.05, 4.69) is 0 Å². The van der Waals surface area contributed by atoms with E-state index in [1.807, 2.05) is 35.2 Å². The molecule has 0 unspecified atom stereocenters. The lowest BCUT2D eigenvalue weighted by atomic mass is 10.1. The van der Waals surface area contributed by atoms with Crippen molar-refractivity contribution in [3.05, 3.63) is 66.5 Å². The minimum Gasteiger partial charge on any atom is -0.324 e. The van der Waals surface area contributed by atoms with Crippen LogP contribution in [0.3, 0.4) is 0 Å². The first-order valence-electron chi connectivity index (χ1n) is 5.97. The van der Waals surface area contributed by atoms with Gasteiger partial charge in [0.25, 0.3) is 0 Å². The van der Waals surface area contributed by atoms with Gasteiger partial charge in [0.1, 0.15) is 0 Å². The Bertz CT molecular complexity index is 612. The fourth-order valence-electron chi connectivity index (χ4n) is 1.72. The lowest BCUT2D eigenvalue weighted by Crippen LogP contribution is -2.05. The predicted octanol–water partition coefficient (Wildman–Crippen LogP) is 4.17. The normalized spacial score (nSPS) is 11.9. The van der Waals surface area contributed by atoms with E-state index in [0.29, 0.717) is 5.56 Å². The smallest absolute Gasteiger partial charge is 0.324 e. The molecule has 20 heavy (non-hydrogen) atoms. The first kappa shape index (κ1) is 14.1. The van der Waals surface area contributed by atoms with Crippen LogP contribution >= 0.6 is 0 Å². The van der Waals surface area contributed by atoms with Crippen molar-refractivity contribution in [3.63, 3.8) is 0 Å². The van der Waals surface area contributed by atoms with Crippen molar-refractivity contribution in [2.45, 2.75) is 12.6 Å². The Morgan fingerprint density at radius 3 is 2.50 bits per heavy atom. The summed E-state index contributed by atoms with van der Waals surface area (Å²) in [7, 11) is 0. The largest absolute Gasteiger partial charge is 0.392 e. The molecule has 104 valence electrons. The zero-order valence-electron chi connectivity index (χ0n) is 10.5. The van der Waals surface area contributed by atoms with E-state index in [0.717, 1.165) is 17.8 Å². The average Bonchev–Trinajstić information content (AvgIpc) is 2.91. The molecule has 0 saturated heterocycles. The molecule has 0 bridgehead atoms. The molecule has 2 aromatic rings. The summed E-state index contributed by atoms with van der Waals surface area (Å²) in [4.78, 5) is 11.8. The summed E-state index contributed by atoms with van der Waals surface area (Å²) in [6.45, 7) is 0. The Morgan fingerprint density at radius 2 is 1.85 bits per heavy atom. The standard InChI is InChI=1S/C15H12F3NO/c16-15(17,18)8-4-7-14(20)12-5-3-6-13(11-12)19-9-1-2-10-19/h1-7,9-11H,8H2/b7-4+. The second-order valence-corrected chi connectivity index (χ2v) is 4.23. The molecule has 0 saturated carbocycles. The first-order chi connectivity index (χ1) is 9.46. The molecule has 0 spiro atoms. The quantitative estimate of drug-likeness (QED) is 0.608. The highest BCUT2D eigenvalue weighted by atomic mass is 19.4. The number of aromatic nitrogens is 1. The molecule has 0 aliphatic rings. The van der Waals surface area contributed by atoms with Crippen LogP contribution in [0.15, 0.2) is 60.9 Å². The summed E-state index contributed by atoms with van der Waals surface area (Å²) in [6.07, 6.45) is 0.0545. The minimum atomic E-state index is -4.29. The lowest BCUT2D eigenvalue weighted by molar-refractivity contribution is -0.125. The number of benzene rings is 1. The summed E-state index contributed by atoms with van der Waals surface area (Å²) in [5, 5.41) is 0. The summed E-state index contributed by atoms with van der Waals surface area (Å²) in [5.74, 6) is -0.441. The lowest BCUT2D eigenvalue weighted by Gasteiger charge is -2.04. The highest BCUT2D eigenvalue weighted by Crippen LogP contribution is 2.20. The number of allylic oxidation sites excluding steroid dienone is 2. The van der Waals surface area contributed by atoms with Gasteiger partial charge in [-0.15, -0.1) is 0 Å². The van der Waals surface area contributed by atoms with Crippen LogP contribution in [-0.2, 0) is 0 Å². The summed E-state index contributed by atoms with van der Waals surface area (Å²) < 4.78 is 37.8. The molecule has 2 rings (SSSR count). The van der Waals surface area contributed by atoms with E-state index in [9.17, 15) is 18.0 Å². The molecule has 0 N–H and O–H groups in total. The number of halogens is 3. The number of ketones is 1. The van der Waals surface area contributed by atoms with Gasteiger partial charge in [-0.25, -0.2) is 0 Å². The van der Waals surface area contributed by atoms with E-state index in [4.69, 9.17) is 0 Å². The van der Waals surface area contributed by atoms with Crippen LogP contribution in [0.1, 0.15) is 16.8 Å². The van der Waals surface area contributed by atoms with E-state index >= 15 is 0 Å². The molecule has 1 aromatic heterocycles. The minimum absolute atomic E-state index is 0.356. The summed E-state index contributed by atoms with van der Waals surface area (Å²) in [5.41, 5.74) is 1.14. The van der Waals surface area contributed by atoms with Crippen molar-refractivity contribution in [3.8, 4) is 5.69 Å². The average molecular weight is 279 g/mol. The van der Waals surface area contributed by atoms with Crippen LogP contribution in [0.5, 0.6) is 0 Å². The van der Waals surface area contributed by atoms with Crippen molar-refractivity contribution in [1.29, 1.82) is 0 Å². The summed E-state index contributed by atoms with van der Waals surface area (Å²) in [6, 6.07) is 10.4. The Kier molecular flexibility index (Phi) is 4.08. The van der Waals surface area contributed by atoms with Crippen molar-refractivity contribution in [2.75, 3.05) is 0 Å². The van der Waals surface area contributed by atoms with E-state index < -0.39 is 18.4 Å². The highest BCUT2D eigenvalue weighted by molar-refractivity contribution is 6.04. The van der Waals surface area contributed by atoms with Gasteiger partial charge < -0.3 is 4.57 Å². The predicted molar refractivity (Wildman–Crippen MR) is 69.9 cm³/mol. The maximum absolute atomic E-state index is 12.0. The van der Waals surface area contributed by atoms with Gasteiger partial charge in [-0.05, 0) is 30.3 Å². The van der Waals surface area contributed by atoms with Crippen molar-refractivity contribution < 1.29 is 18.0 Å². The number of nitrogens with zero attached hydrogens (tertiary/aromatic N) is 1. The Morgan fingerprint density at radius 1 is 1.15 bits per heavy atom. The fraction of sp³-hybridized carbons (Fsp3) is 0.133. The molecule has 0 aliphatic heterocycles. The van der Waals surface area contributed by atoms with Gasteiger partial charge in [-0.1, -0.05) is 18.2 Å². The second-order valence-electron chi connectivity index (χ2n) is 4.23. The third-order valence-electron chi connectivity index (χ3n) is 2.65. The van der Waals surface area contributed by atoms with Crippen LogP contribution in [0.25, 0.3) is 5.69 Å². The summed E-state index contributed by atoms with van der Waals surface area (Å²) >= 11 is 0. The van der Waals surface area contributed by atoms with E-state index in [-0.39, 0.29) is 0 Å². The molecule has 0 amide bonds. The Hall–Kier alpha value is -2.30. The van der Waals surface area contributed by atoms with Gasteiger partial charge in [0.2, 0.25) is 0 Å². The SMILES string of the molecule is O=C(/C=C/CC(F)(F)F)c1cccc(-n2cccc2)c1. The third kappa shape index (κ3) is 3.85. The topological polar surface area (TPSA) is 22.0 Å². The molecule has 0 atom stereocenters. The van der Waals surface area contributed by atoms with Gasteiger partial charge in [-0.2, -0.15) is 13.2 Å². The highest BCUT2D eigenvalue weighted by Gasteiger charge is 2.24. The molecule has 0 aliphatic carbocycles. The van der Waals surface area contributed by atoms with Gasteiger partial charge in [0.05, 0.1) is 6.42 Å². The number of rotatable bonds is 4. The number of carbonyl (C=O) groups is 1. The van der Waals surface area contributed by atoms with E-state index in [1.54, 1.807) is 18.2 Å². The Balaban J connectivity index is 2.13. The van der Waals surface area contributed by atoms with Crippen LogP contribution in [-0.4, -0.2) is 16.5 Å². The van der Waals surface area contributed by atoms with Crippen LogP contribution in [0.2, 0.25) is 0 Å². The zero-order valence-corrected chi connectivity index (χ0v) is 10.5. The molecule has 2 nitrogen and oxygen atoms in total. The maximum atomic E-state index is 12.0. The molecule has 5 heteroatoms. The molecule has 1 heterocycles. The van der Waals surface area contributed by atoms with Crippen LogP contribution in [0.4, 0.5) is 13.2 Å². The van der Waals surface area contributed by atoms with Crippen molar-refractivity contribution in [1.82, 2.24) is 4.57 Å². The maximum Gasteiger partial charge on any atom is 0.392 e. The molecular weight excluding hydrogens is 267 g/mol. The second kappa shape index (κ2) is 5.77. The monoisotopic (exact) mass is 279 g/mol. The first-order valence-corrected chi connectivity index (χ1v) is 5.97. The zero-order chi connectivity index (χ0) is 14.6. The van der Waals surface area contributed by atoms with Gasteiger partial charge in [0.15, 0.2) is 5.78 Å². The van der Waals surface area contributed by atoms with Crippen molar-refractivity contribution >= 4 is 5.78 Å². The van der Waals surface area contributed by atoms with Crippen LogP contribution < -0.4 is 0 Å². The Labute approximate surface area is 114 Å². The molecule has 1 aromatic carbocycles. The van der Waals surface area contributed by atoms with Crippen molar-refractivity contribution in [2.24, 2.45) is 0 Å². The third-order valence-corrected chi connectivity index (χ3v) is 2.65. The molecular formula is C15H12F3NO. The number of carbonyl (C=O) groups excluding carboxylic acids is 1. The number of alkyl halides is 3. The van der Waals surface area contributed by atoms with E-state index in [1.165, 1.54) is 0 Å². The number of hydrogen-bond donors (Lipinski definition) is 0. The van der Waals surface area contributed by atoms with Crippen LogP contribution in [0, 0.1) is 0 Å². The fourth-order valence-corrected chi connectivity index (χ4v) is 1.72. The van der Waals surface area contributed by atoms with Gasteiger partial charge in [-0.3, -0.25) is 4.79 Å². The number of hydrogen-bond acceptors (Lipinski definition) is 1. The van der Waals surface area contributed by atoms with Gasteiger partial charge in [0, 0.05) is 23.6 Å². The molecule has 0 fully saturated rings.